The maximum Gasteiger partial charge on any atom is 0.245 e. The lowest BCUT2D eigenvalue weighted by Gasteiger charge is -2.29. The number of aliphatic imine (C=N–C) groups is 1. The molecular formula is C49H61N11O8. The summed E-state index contributed by atoms with van der Waals surface area (Å²) in [4.78, 5) is 113. The summed E-state index contributed by atoms with van der Waals surface area (Å²) >= 11 is 0. The Morgan fingerprint density at radius 1 is 0.662 bits per heavy atom. The number of nitrogens with two attached hydrogens (primary N) is 3. The van der Waals surface area contributed by atoms with Gasteiger partial charge in [-0.05, 0) is 60.1 Å². The number of fused-ring (bicyclic) bond motifs is 1. The minimum atomic E-state index is -1.25. The van der Waals surface area contributed by atoms with Crippen molar-refractivity contribution in [3.05, 3.63) is 120 Å². The zero-order valence-corrected chi connectivity index (χ0v) is 38.2. The number of benzene rings is 4. The van der Waals surface area contributed by atoms with Gasteiger partial charge in [-0.25, -0.2) is 0 Å². The van der Waals surface area contributed by atoms with Crippen molar-refractivity contribution in [3.63, 3.8) is 0 Å². The average molecular weight is 932 g/mol. The van der Waals surface area contributed by atoms with Gasteiger partial charge in [-0.3, -0.25) is 43.3 Å². The number of likely N-dealkylation sites (tertiary alicyclic amines) is 1. The van der Waals surface area contributed by atoms with Crippen molar-refractivity contribution in [2.75, 3.05) is 19.6 Å². The van der Waals surface area contributed by atoms with Crippen molar-refractivity contribution in [1.29, 1.82) is 0 Å². The molecule has 0 aliphatic carbocycles. The minimum absolute atomic E-state index is 0.000317. The molecule has 19 nitrogen and oxygen atoms in total. The first-order valence-electron chi connectivity index (χ1n) is 22.5. The normalized spacial score (nSPS) is 15.3. The van der Waals surface area contributed by atoms with Crippen LogP contribution in [0.15, 0.2) is 108 Å². The molecule has 0 bridgehead atoms. The molecule has 68 heavy (non-hydrogen) atoms. The van der Waals surface area contributed by atoms with Gasteiger partial charge in [0.05, 0.1) is 6.54 Å². The molecule has 1 saturated heterocycles. The lowest BCUT2D eigenvalue weighted by atomic mass is 9.97. The second kappa shape index (κ2) is 25.2. The average Bonchev–Trinajstić information content (AvgIpc) is 3.82. The van der Waals surface area contributed by atoms with Crippen LogP contribution >= 0.6 is 0 Å². The molecule has 6 atom stereocenters. The molecule has 19 heteroatoms. The summed E-state index contributed by atoms with van der Waals surface area (Å²) in [5.74, 6) is -5.26. The summed E-state index contributed by atoms with van der Waals surface area (Å²) < 4.78 is 0. The summed E-state index contributed by atoms with van der Waals surface area (Å²) in [6, 6.07) is 24.6. The molecule has 0 saturated carbocycles. The number of carbonyl (C=O) groups is 8. The molecule has 1 fully saturated rings. The standard InChI is InChI=1S/C49H61N11O8/c1-30(43(50)63)55-47(67)41-23-13-25-60(41)48(68)37(22-12-24-53-49(51)52)57-42(62)29-54-44(64)38(26-32-14-5-3-6-15-32)58-45(65)39(27-33-16-7-4-8-17-33)59-46(66)40(56-31(2)61)28-35-20-11-19-34-18-9-10-21-36(34)35/h3-11,14-21,30,37-41H,12-13,22-29H2,1-2H3,(H2,50,63)(H,54,64)(H,55,67)(H,56,61)(H,57,62)(H,58,65)(H,59,66)(H4,51,52,53)/t30-,37+,38+,39+,40-,41+/m0/s1. The summed E-state index contributed by atoms with van der Waals surface area (Å²) in [5, 5.41) is 18.0. The van der Waals surface area contributed by atoms with Gasteiger partial charge in [-0.1, -0.05) is 103 Å². The first kappa shape index (κ1) is 51.2. The molecule has 0 aromatic heterocycles. The van der Waals surface area contributed by atoms with E-state index in [0.717, 1.165) is 16.3 Å². The molecule has 1 aliphatic heterocycles. The first-order valence-corrected chi connectivity index (χ1v) is 22.5. The SMILES string of the molecule is CC(=O)N[C@@H](Cc1cccc2ccccc12)C(=O)N[C@H](Cc1ccccc1)C(=O)N[C@H](Cc1ccccc1)C(=O)NCC(=O)N[C@H](CCCN=C(N)N)C(=O)N1CCC[C@@H]1C(=O)N[C@@H](C)C(N)=O. The Kier molecular flexibility index (Phi) is 18.9. The number of hydrogen-bond donors (Lipinski definition) is 9. The topological polar surface area (TPSA) is 302 Å². The zero-order valence-electron chi connectivity index (χ0n) is 38.2. The highest BCUT2D eigenvalue weighted by Gasteiger charge is 2.38. The number of nitrogens with one attached hydrogen (secondary N) is 6. The van der Waals surface area contributed by atoms with Crippen molar-refractivity contribution < 1.29 is 38.4 Å². The van der Waals surface area contributed by atoms with Crippen molar-refractivity contribution in [1.82, 2.24) is 36.8 Å². The zero-order chi connectivity index (χ0) is 49.2. The van der Waals surface area contributed by atoms with E-state index < -0.39 is 90.1 Å². The Morgan fingerprint density at radius 2 is 1.24 bits per heavy atom. The summed E-state index contributed by atoms with van der Waals surface area (Å²) in [6.45, 7) is 2.48. The Hall–Kier alpha value is -7.83. The fourth-order valence-electron chi connectivity index (χ4n) is 7.99. The lowest BCUT2D eigenvalue weighted by Crippen LogP contribution is -2.58. The second-order valence-corrected chi connectivity index (χ2v) is 16.7. The van der Waals surface area contributed by atoms with Crippen LogP contribution in [0.2, 0.25) is 0 Å². The Labute approximate surface area is 394 Å². The maximum atomic E-state index is 14.4. The predicted octanol–water partition coefficient (Wildman–Crippen LogP) is -0.0224. The molecule has 0 unspecified atom stereocenters. The molecule has 4 aromatic carbocycles. The van der Waals surface area contributed by atoms with Crippen LogP contribution in [0, 0.1) is 0 Å². The van der Waals surface area contributed by atoms with Crippen LogP contribution in [0.1, 0.15) is 56.2 Å². The Morgan fingerprint density at radius 3 is 1.84 bits per heavy atom. The van der Waals surface area contributed by atoms with Gasteiger partial charge in [0.15, 0.2) is 5.96 Å². The van der Waals surface area contributed by atoms with Crippen LogP contribution in [-0.2, 0) is 57.6 Å². The number of amides is 8. The van der Waals surface area contributed by atoms with E-state index in [4.69, 9.17) is 17.2 Å². The smallest absolute Gasteiger partial charge is 0.245 e. The second-order valence-electron chi connectivity index (χ2n) is 16.7. The van der Waals surface area contributed by atoms with Gasteiger partial charge in [0.2, 0.25) is 47.3 Å². The maximum absolute atomic E-state index is 14.4. The number of nitrogens with zero attached hydrogens (tertiary/aromatic N) is 2. The third-order valence-corrected chi connectivity index (χ3v) is 11.5. The number of guanidine groups is 1. The lowest BCUT2D eigenvalue weighted by molar-refractivity contribution is -0.142. The van der Waals surface area contributed by atoms with Gasteiger partial charge in [-0.2, -0.15) is 0 Å². The monoisotopic (exact) mass is 931 g/mol. The van der Waals surface area contributed by atoms with Crippen LogP contribution in [0.4, 0.5) is 0 Å². The summed E-state index contributed by atoms with van der Waals surface area (Å²) in [5.41, 5.74) is 18.5. The van der Waals surface area contributed by atoms with Crippen LogP contribution in [0.5, 0.6) is 0 Å². The molecule has 8 amide bonds. The minimum Gasteiger partial charge on any atom is -0.370 e. The number of carbonyl (C=O) groups excluding carboxylic acids is 8. The molecule has 0 radical (unpaired) electrons. The number of primary amides is 1. The van der Waals surface area contributed by atoms with E-state index in [1.54, 1.807) is 54.6 Å². The third kappa shape index (κ3) is 15.4. The molecule has 5 rings (SSSR count). The molecule has 360 valence electrons. The molecule has 1 aliphatic rings. The van der Waals surface area contributed by atoms with Crippen LogP contribution in [0.3, 0.4) is 0 Å². The summed E-state index contributed by atoms with van der Waals surface area (Å²) in [6.07, 6.45) is 1.31. The predicted molar refractivity (Wildman–Crippen MR) is 256 cm³/mol. The van der Waals surface area contributed by atoms with Crippen molar-refractivity contribution in [2.24, 2.45) is 22.2 Å². The molecule has 1 heterocycles. The fourth-order valence-corrected chi connectivity index (χ4v) is 7.99. The van der Waals surface area contributed by atoms with Crippen LogP contribution < -0.4 is 49.1 Å². The number of hydrogen-bond acceptors (Lipinski definition) is 9. The molecule has 0 spiro atoms. The van der Waals surface area contributed by atoms with Gasteiger partial charge < -0.3 is 54.0 Å². The fraction of sp³-hybridized carbons (Fsp3) is 0.367. The van der Waals surface area contributed by atoms with Crippen LogP contribution in [-0.4, -0.2) is 114 Å². The van der Waals surface area contributed by atoms with Crippen molar-refractivity contribution >= 4 is 64.0 Å². The van der Waals surface area contributed by atoms with E-state index in [2.05, 4.69) is 36.9 Å². The van der Waals surface area contributed by atoms with Gasteiger partial charge in [0, 0.05) is 39.3 Å². The van der Waals surface area contributed by atoms with Crippen molar-refractivity contribution in [2.45, 2.75) is 95.0 Å². The molecular weight excluding hydrogens is 871 g/mol. The summed E-state index contributed by atoms with van der Waals surface area (Å²) in [7, 11) is 0. The largest absolute Gasteiger partial charge is 0.370 e. The number of rotatable bonds is 23. The first-order chi connectivity index (χ1) is 32.6. The van der Waals surface area contributed by atoms with Gasteiger partial charge in [0.1, 0.15) is 36.3 Å². The molecule has 12 N–H and O–H groups in total. The third-order valence-electron chi connectivity index (χ3n) is 11.5. The van der Waals surface area contributed by atoms with Gasteiger partial charge >= 0.3 is 0 Å². The van der Waals surface area contributed by atoms with E-state index in [1.165, 1.54) is 18.7 Å². The van der Waals surface area contributed by atoms with E-state index in [1.807, 2.05) is 48.5 Å². The van der Waals surface area contributed by atoms with E-state index >= 15 is 0 Å². The van der Waals surface area contributed by atoms with Gasteiger partial charge in [0.25, 0.3) is 0 Å². The van der Waals surface area contributed by atoms with E-state index in [9.17, 15) is 38.4 Å². The quantitative estimate of drug-likeness (QED) is 0.0272. The van der Waals surface area contributed by atoms with E-state index in [-0.39, 0.29) is 51.2 Å². The van der Waals surface area contributed by atoms with E-state index in [0.29, 0.717) is 24.0 Å². The highest BCUT2D eigenvalue weighted by molar-refractivity contribution is 5.97. The van der Waals surface area contributed by atoms with Gasteiger partial charge in [-0.15, -0.1) is 0 Å². The van der Waals surface area contributed by atoms with Crippen molar-refractivity contribution in [3.8, 4) is 0 Å². The molecule has 4 aromatic rings. The highest BCUT2D eigenvalue weighted by Crippen LogP contribution is 2.22. The Bertz CT molecular complexity index is 2440. The Balaban J connectivity index is 1.33. The van der Waals surface area contributed by atoms with Crippen LogP contribution in [0.25, 0.3) is 10.8 Å². The highest BCUT2D eigenvalue weighted by atomic mass is 16.2.